The van der Waals surface area contributed by atoms with E-state index in [2.05, 4.69) is 4.98 Å². The Morgan fingerprint density at radius 1 is 1.57 bits per heavy atom. The summed E-state index contributed by atoms with van der Waals surface area (Å²) < 4.78 is 37.7. The zero-order valence-corrected chi connectivity index (χ0v) is 8.93. The predicted octanol–water partition coefficient (Wildman–Crippen LogP) is 2.83. The Labute approximate surface area is 91.9 Å². The molecule has 0 amide bonds. The summed E-state index contributed by atoms with van der Waals surface area (Å²) in [6.45, 7) is 0. The molecular formula is C8H4F3IN2. The maximum absolute atomic E-state index is 13.0. The molecule has 1 aromatic rings. The van der Waals surface area contributed by atoms with Crippen LogP contribution in [0, 0.1) is 20.8 Å². The van der Waals surface area contributed by atoms with Crippen LogP contribution in [0.2, 0.25) is 0 Å². The lowest BCUT2D eigenvalue weighted by Crippen LogP contribution is -2.02. The first kappa shape index (κ1) is 11.2. The molecule has 0 saturated heterocycles. The highest BCUT2D eigenvalue weighted by Gasteiger charge is 2.18. The van der Waals surface area contributed by atoms with Crippen LogP contribution in [-0.4, -0.2) is 4.98 Å². The average Bonchev–Trinajstić information content (AvgIpc) is 2.11. The first-order valence-corrected chi connectivity index (χ1v) is 4.63. The quantitative estimate of drug-likeness (QED) is 0.622. The topological polar surface area (TPSA) is 36.7 Å². The number of hydrogen-bond donors (Lipinski definition) is 0. The molecule has 0 aromatic carbocycles. The largest absolute Gasteiger partial charge is 0.266 e. The fourth-order valence-corrected chi connectivity index (χ4v) is 1.70. The summed E-state index contributed by atoms with van der Waals surface area (Å²) in [6, 6.07) is 1.70. The van der Waals surface area contributed by atoms with Gasteiger partial charge in [0.1, 0.15) is 0 Å². The summed E-state index contributed by atoms with van der Waals surface area (Å²) in [6.07, 6.45) is -2.16. The number of hydrogen-bond acceptors (Lipinski definition) is 2. The summed E-state index contributed by atoms with van der Waals surface area (Å²) in [7, 11) is 0. The maximum atomic E-state index is 13.0. The normalized spacial score (nSPS) is 10.3. The number of rotatable bonds is 2. The lowest BCUT2D eigenvalue weighted by Gasteiger charge is -2.06. The van der Waals surface area contributed by atoms with Crippen molar-refractivity contribution in [2.45, 2.75) is 12.8 Å². The van der Waals surface area contributed by atoms with Crippen LogP contribution in [0.1, 0.15) is 17.6 Å². The minimum Gasteiger partial charge on any atom is -0.227 e. The summed E-state index contributed by atoms with van der Waals surface area (Å²) in [5, 5.41) is 8.36. The molecule has 0 N–H and O–H groups in total. The SMILES string of the molecule is N#CCc1c(F)ncc(C(F)F)c1I. The van der Waals surface area contributed by atoms with Gasteiger partial charge in [-0.25, -0.2) is 13.8 Å². The third-order valence-electron chi connectivity index (χ3n) is 1.58. The summed E-state index contributed by atoms with van der Waals surface area (Å²) in [5.74, 6) is -0.861. The molecular weight excluding hydrogens is 308 g/mol. The summed E-state index contributed by atoms with van der Waals surface area (Å²) in [4.78, 5) is 3.18. The van der Waals surface area contributed by atoms with Crippen molar-refractivity contribution in [2.75, 3.05) is 0 Å². The van der Waals surface area contributed by atoms with Gasteiger partial charge in [0.25, 0.3) is 6.43 Å². The second-order valence-electron chi connectivity index (χ2n) is 2.43. The molecule has 0 aliphatic heterocycles. The zero-order chi connectivity index (χ0) is 10.7. The lowest BCUT2D eigenvalue weighted by atomic mass is 10.1. The number of halogens is 4. The van der Waals surface area contributed by atoms with E-state index in [9.17, 15) is 13.2 Å². The van der Waals surface area contributed by atoms with E-state index in [-0.39, 0.29) is 21.1 Å². The Kier molecular flexibility index (Phi) is 3.69. The van der Waals surface area contributed by atoms with Crippen LogP contribution in [0.5, 0.6) is 0 Å². The van der Waals surface area contributed by atoms with Gasteiger partial charge >= 0.3 is 0 Å². The van der Waals surface area contributed by atoms with Crippen LogP contribution in [0.4, 0.5) is 13.2 Å². The highest BCUT2D eigenvalue weighted by Crippen LogP contribution is 2.27. The maximum Gasteiger partial charge on any atom is 0.266 e. The average molecular weight is 312 g/mol. The molecule has 1 aromatic heterocycles. The minimum atomic E-state index is -2.70. The number of pyridine rings is 1. The van der Waals surface area contributed by atoms with Crippen LogP contribution >= 0.6 is 22.6 Å². The van der Waals surface area contributed by atoms with Gasteiger partial charge in [-0.1, -0.05) is 0 Å². The van der Waals surface area contributed by atoms with Crippen LogP contribution in [0.15, 0.2) is 6.20 Å². The summed E-state index contributed by atoms with van der Waals surface area (Å²) >= 11 is 1.59. The van der Waals surface area contributed by atoms with Crippen molar-refractivity contribution in [3.05, 3.63) is 26.8 Å². The molecule has 2 nitrogen and oxygen atoms in total. The molecule has 0 spiro atoms. The molecule has 0 unspecified atom stereocenters. The number of aromatic nitrogens is 1. The van der Waals surface area contributed by atoms with Crippen LogP contribution in [-0.2, 0) is 6.42 Å². The lowest BCUT2D eigenvalue weighted by molar-refractivity contribution is 0.149. The van der Waals surface area contributed by atoms with E-state index in [1.807, 2.05) is 0 Å². The molecule has 0 aliphatic rings. The van der Waals surface area contributed by atoms with Crippen molar-refractivity contribution in [3.8, 4) is 6.07 Å². The molecule has 1 heterocycles. The molecule has 0 saturated carbocycles. The van der Waals surface area contributed by atoms with Crippen molar-refractivity contribution in [1.29, 1.82) is 5.26 Å². The van der Waals surface area contributed by atoms with E-state index in [4.69, 9.17) is 5.26 Å². The second-order valence-corrected chi connectivity index (χ2v) is 3.51. The first-order valence-electron chi connectivity index (χ1n) is 3.55. The minimum absolute atomic E-state index is 0.0640. The van der Waals surface area contributed by atoms with E-state index in [0.717, 1.165) is 6.20 Å². The van der Waals surface area contributed by atoms with Crippen molar-refractivity contribution in [1.82, 2.24) is 4.98 Å². The highest BCUT2D eigenvalue weighted by molar-refractivity contribution is 14.1. The Morgan fingerprint density at radius 2 is 2.21 bits per heavy atom. The van der Waals surface area contributed by atoms with Crippen molar-refractivity contribution in [3.63, 3.8) is 0 Å². The predicted molar refractivity (Wildman–Crippen MR) is 51.2 cm³/mol. The molecule has 0 radical (unpaired) electrons. The van der Waals surface area contributed by atoms with Gasteiger partial charge in [0, 0.05) is 20.9 Å². The number of nitrogens with zero attached hydrogens (tertiary/aromatic N) is 2. The molecule has 74 valence electrons. The van der Waals surface area contributed by atoms with E-state index >= 15 is 0 Å². The van der Waals surface area contributed by atoms with E-state index in [1.165, 1.54) is 0 Å². The Morgan fingerprint density at radius 3 is 2.71 bits per heavy atom. The van der Waals surface area contributed by atoms with Gasteiger partial charge in [0.15, 0.2) is 0 Å². The first-order chi connectivity index (χ1) is 6.57. The fraction of sp³-hybridized carbons (Fsp3) is 0.250. The molecule has 0 atom stereocenters. The van der Waals surface area contributed by atoms with Crippen LogP contribution in [0.3, 0.4) is 0 Å². The Balaban J connectivity index is 3.27. The highest BCUT2D eigenvalue weighted by atomic mass is 127. The Bertz CT molecular complexity index is 387. The molecule has 1 rings (SSSR count). The number of nitriles is 1. The molecule has 0 fully saturated rings. The smallest absolute Gasteiger partial charge is 0.227 e. The molecule has 6 heteroatoms. The third-order valence-corrected chi connectivity index (χ3v) is 2.85. The second kappa shape index (κ2) is 4.59. The van der Waals surface area contributed by atoms with Gasteiger partial charge in [0.05, 0.1) is 12.5 Å². The van der Waals surface area contributed by atoms with Gasteiger partial charge < -0.3 is 0 Å². The summed E-state index contributed by atoms with van der Waals surface area (Å²) in [5.41, 5.74) is -0.400. The van der Waals surface area contributed by atoms with Crippen LogP contribution in [0.25, 0.3) is 0 Å². The van der Waals surface area contributed by atoms with E-state index < -0.39 is 12.4 Å². The van der Waals surface area contributed by atoms with Gasteiger partial charge in [0.2, 0.25) is 5.95 Å². The van der Waals surface area contributed by atoms with Crippen molar-refractivity contribution >= 4 is 22.6 Å². The molecule has 0 aliphatic carbocycles. The van der Waals surface area contributed by atoms with Gasteiger partial charge in [-0.3, -0.25) is 0 Å². The monoisotopic (exact) mass is 312 g/mol. The standard InChI is InChI=1S/C8H4F3IN2/c9-7(10)5-3-14-8(11)4(1-2-13)6(5)12/h3,7H,1H2. The van der Waals surface area contributed by atoms with Gasteiger partial charge in [-0.2, -0.15) is 9.65 Å². The van der Waals surface area contributed by atoms with E-state index in [0.29, 0.717) is 0 Å². The third kappa shape index (κ3) is 2.15. The molecule has 0 bridgehead atoms. The van der Waals surface area contributed by atoms with Crippen LogP contribution < -0.4 is 0 Å². The van der Waals surface area contributed by atoms with E-state index in [1.54, 1.807) is 28.7 Å². The fourth-order valence-electron chi connectivity index (χ4n) is 0.907. The zero-order valence-electron chi connectivity index (χ0n) is 6.77. The van der Waals surface area contributed by atoms with Gasteiger partial charge in [-0.15, -0.1) is 0 Å². The molecule has 14 heavy (non-hydrogen) atoms. The van der Waals surface area contributed by atoms with Gasteiger partial charge in [-0.05, 0) is 22.6 Å². The Hall–Kier alpha value is -0.840. The number of alkyl halides is 2. The van der Waals surface area contributed by atoms with Crippen molar-refractivity contribution < 1.29 is 13.2 Å². The van der Waals surface area contributed by atoms with Crippen molar-refractivity contribution in [2.24, 2.45) is 0 Å².